The zero-order chi connectivity index (χ0) is 13.3. The van der Waals surface area contributed by atoms with E-state index in [0.29, 0.717) is 4.88 Å². The molecule has 0 radical (unpaired) electrons. The van der Waals surface area contributed by atoms with Crippen LogP contribution in [0.5, 0.6) is 0 Å². The van der Waals surface area contributed by atoms with Gasteiger partial charge in [0.05, 0.1) is 8.66 Å². The largest absolute Gasteiger partial charge is 0.293 e. The number of thiophene rings is 1. The van der Waals surface area contributed by atoms with Gasteiger partial charge in [0.2, 0.25) is 0 Å². The fraction of sp³-hybridized carbons (Fsp3) is 0.0833. The Morgan fingerprint density at radius 1 is 1.22 bits per heavy atom. The minimum Gasteiger partial charge on any atom is -0.293 e. The first kappa shape index (κ1) is 13.8. The van der Waals surface area contributed by atoms with Crippen molar-refractivity contribution >= 4 is 49.0 Å². The van der Waals surface area contributed by atoms with Gasteiger partial charge in [-0.3, -0.25) is 4.79 Å². The number of carbonyl (C=O) groups is 1. The Kier molecular flexibility index (Phi) is 4.29. The van der Waals surface area contributed by atoms with Gasteiger partial charge in [-0.15, -0.1) is 11.3 Å². The molecule has 0 spiro atoms. The maximum absolute atomic E-state index is 13.4. The van der Waals surface area contributed by atoms with Crippen molar-refractivity contribution in [2.45, 2.75) is 6.42 Å². The summed E-state index contributed by atoms with van der Waals surface area (Å²) in [5.74, 6) is -1.54. The highest BCUT2D eigenvalue weighted by Gasteiger charge is 2.15. The molecule has 1 aromatic carbocycles. The van der Waals surface area contributed by atoms with Crippen LogP contribution in [0.3, 0.4) is 0 Å². The first-order valence-electron chi connectivity index (χ1n) is 4.89. The van der Waals surface area contributed by atoms with Crippen LogP contribution in [0.4, 0.5) is 8.78 Å². The molecule has 0 fully saturated rings. The summed E-state index contributed by atoms with van der Waals surface area (Å²) in [5, 5.41) is 0. The summed E-state index contributed by atoms with van der Waals surface area (Å²) >= 11 is 7.85. The SMILES string of the molecule is O=C(Cc1ccc(F)cc1F)c1cc(Br)c(Br)s1. The number of hydrogen-bond acceptors (Lipinski definition) is 2. The van der Waals surface area contributed by atoms with Gasteiger partial charge in [-0.1, -0.05) is 6.07 Å². The molecule has 2 rings (SSSR count). The van der Waals surface area contributed by atoms with E-state index in [0.717, 1.165) is 20.4 Å². The highest BCUT2D eigenvalue weighted by Crippen LogP contribution is 2.33. The molecule has 18 heavy (non-hydrogen) atoms. The van der Waals surface area contributed by atoms with Gasteiger partial charge < -0.3 is 0 Å². The third-order valence-corrected chi connectivity index (χ3v) is 5.58. The number of hydrogen-bond donors (Lipinski definition) is 0. The van der Waals surface area contributed by atoms with E-state index < -0.39 is 11.6 Å². The Labute approximate surface area is 123 Å². The molecule has 0 saturated carbocycles. The number of Topliss-reactive ketones (excluding diaryl/α,β-unsaturated/α-hetero) is 1. The van der Waals surface area contributed by atoms with Crippen molar-refractivity contribution in [3.8, 4) is 0 Å². The van der Waals surface area contributed by atoms with Gasteiger partial charge in [-0.2, -0.15) is 0 Å². The molecule has 0 saturated heterocycles. The zero-order valence-corrected chi connectivity index (χ0v) is 12.8. The minimum atomic E-state index is -0.696. The molecule has 1 nitrogen and oxygen atoms in total. The van der Waals surface area contributed by atoms with E-state index in [4.69, 9.17) is 0 Å². The second-order valence-electron chi connectivity index (χ2n) is 3.57. The normalized spacial score (nSPS) is 10.7. The third kappa shape index (κ3) is 3.05. The Bertz CT molecular complexity index is 591. The molecule has 0 amide bonds. The van der Waals surface area contributed by atoms with E-state index in [2.05, 4.69) is 31.9 Å². The van der Waals surface area contributed by atoms with Gasteiger partial charge in [0.15, 0.2) is 5.78 Å². The van der Waals surface area contributed by atoms with Crippen LogP contribution in [-0.4, -0.2) is 5.78 Å². The van der Waals surface area contributed by atoms with Gasteiger partial charge in [-0.05, 0) is 49.6 Å². The van der Waals surface area contributed by atoms with Crippen molar-refractivity contribution in [1.82, 2.24) is 0 Å². The van der Waals surface area contributed by atoms with E-state index in [1.807, 2.05) is 0 Å². The van der Waals surface area contributed by atoms with Crippen LogP contribution < -0.4 is 0 Å². The summed E-state index contributed by atoms with van der Waals surface area (Å²) in [6.45, 7) is 0. The van der Waals surface area contributed by atoms with Crippen LogP contribution in [0.1, 0.15) is 15.2 Å². The molecule has 0 N–H and O–H groups in total. The monoisotopic (exact) mass is 394 g/mol. The second-order valence-corrected chi connectivity index (χ2v) is 6.79. The molecule has 2 aromatic rings. The van der Waals surface area contributed by atoms with Crippen molar-refractivity contribution < 1.29 is 13.6 Å². The number of halogens is 4. The fourth-order valence-corrected chi connectivity index (χ4v) is 3.38. The van der Waals surface area contributed by atoms with Crippen LogP contribution in [0.25, 0.3) is 0 Å². The quantitative estimate of drug-likeness (QED) is 0.670. The Hall–Kier alpha value is -0.590. The van der Waals surface area contributed by atoms with Crippen LogP contribution in [-0.2, 0) is 6.42 Å². The highest BCUT2D eigenvalue weighted by atomic mass is 79.9. The van der Waals surface area contributed by atoms with Crippen molar-refractivity contribution in [2.24, 2.45) is 0 Å². The fourth-order valence-electron chi connectivity index (χ4n) is 1.41. The van der Waals surface area contributed by atoms with Gasteiger partial charge in [0, 0.05) is 17.0 Å². The standard InChI is InChI=1S/C12H6Br2F2OS/c13-8-5-11(18-12(8)14)10(17)3-6-1-2-7(15)4-9(6)16/h1-2,4-5H,3H2. The van der Waals surface area contributed by atoms with Gasteiger partial charge in [0.1, 0.15) is 11.6 Å². The summed E-state index contributed by atoms with van der Waals surface area (Å²) in [7, 11) is 0. The summed E-state index contributed by atoms with van der Waals surface area (Å²) in [5.41, 5.74) is 0.196. The van der Waals surface area contributed by atoms with Crippen molar-refractivity contribution in [3.63, 3.8) is 0 Å². The molecule has 94 valence electrons. The average Bonchev–Trinajstić information content (AvgIpc) is 2.63. The lowest BCUT2D eigenvalue weighted by molar-refractivity contribution is 0.0995. The topological polar surface area (TPSA) is 17.1 Å². The van der Waals surface area contributed by atoms with Crippen molar-refractivity contribution in [2.75, 3.05) is 0 Å². The average molecular weight is 396 g/mol. The van der Waals surface area contributed by atoms with Crippen molar-refractivity contribution in [3.05, 3.63) is 54.6 Å². The lowest BCUT2D eigenvalue weighted by Gasteiger charge is -2.01. The van der Waals surface area contributed by atoms with Gasteiger partial charge in [0.25, 0.3) is 0 Å². The predicted octanol–water partition coefficient (Wildman–Crippen LogP) is 4.98. The van der Waals surface area contributed by atoms with Crippen LogP contribution in [0.15, 0.2) is 32.5 Å². The minimum absolute atomic E-state index is 0.0779. The molecule has 1 heterocycles. The molecule has 1 aromatic heterocycles. The lowest BCUT2D eigenvalue weighted by atomic mass is 10.1. The van der Waals surface area contributed by atoms with E-state index in [9.17, 15) is 13.6 Å². The Morgan fingerprint density at radius 3 is 2.50 bits per heavy atom. The van der Waals surface area contributed by atoms with E-state index >= 15 is 0 Å². The first-order chi connectivity index (χ1) is 8.47. The lowest BCUT2D eigenvalue weighted by Crippen LogP contribution is -2.03. The predicted molar refractivity (Wildman–Crippen MR) is 74.1 cm³/mol. The molecule has 0 atom stereocenters. The van der Waals surface area contributed by atoms with E-state index in [1.54, 1.807) is 6.07 Å². The molecule has 0 aliphatic carbocycles. The summed E-state index contributed by atoms with van der Waals surface area (Å²) in [6.07, 6.45) is -0.0779. The van der Waals surface area contributed by atoms with Crippen LogP contribution in [0, 0.1) is 11.6 Å². The molecular weight excluding hydrogens is 390 g/mol. The van der Waals surface area contributed by atoms with Crippen LogP contribution >= 0.6 is 43.2 Å². The highest BCUT2D eigenvalue weighted by molar-refractivity contribution is 9.13. The van der Waals surface area contributed by atoms with Crippen LogP contribution in [0.2, 0.25) is 0 Å². The summed E-state index contributed by atoms with van der Waals surface area (Å²) in [6, 6.07) is 4.90. The van der Waals surface area contributed by atoms with E-state index in [1.165, 1.54) is 17.4 Å². The summed E-state index contributed by atoms with van der Waals surface area (Å²) < 4.78 is 27.7. The number of ketones is 1. The van der Waals surface area contributed by atoms with E-state index in [-0.39, 0.29) is 17.8 Å². The molecule has 0 aliphatic rings. The number of carbonyl (C=O) groups excluding carboxylic acids is 1. The first-order valence-corrected chi connectivity index (χ1v) is 7.29. The molecule has 0 bridgehead atoms. The Balaban J connectivity index is 2.21. The number of benzene rings is 1. The van der Waals surface area contributed by atoms with Crippen molar-refractivity contribution in [1.29, 1.82) is 0 Å². The maximum atomic E-state index is 13.4. The smallest absolute Gasteiger partial charge is 0.177 e. The second kappa shape index (κ2) is 5.59. The molecule has 6 heteroatoms. The molecule has 0 unspecified atom stereocenters. The summed E-state index contributed by atoms with van der Waals surface area (Å²) in [4.78, 5) is 12.5. The van der Waals surface area contributed by atoms with Gasteiger partial charge in [-0.25, -0.2) is 8.78 Å². The zero-order valence-electron chi connectivity index (χ0n) is 8.84. The number of rotatable bonds is 3. The molecule has 0 aliphatic heterocycles. The third-order valence-electron chi connectivity index (χ3n) is 2.29. The maximum Gasteiger partial charge on any atom is 0.177 e. The Morgan fingerprint density at radius 2 is 1.94 bits per heavy atom. The molecular formula is C12H6Br2F2OS. The van der Waals surface area contributed by atoms with Gasteiger partial charge >= 0.3 is 0 Å².